The number of anilines is 1. The third-order valence-electron chi connectivity index (χ3n) is 2.59. The van der Waals surface area contributed by atoms with E-state index in [0.717, 1.165) is 11.3 Å². The molecule has 0 aliphatic carbocycles. The molecule has 0 unspecified atom stereocenters. The van der Waals surface area contributed by atoms with Crippen LogP contribution in [-0.2, 0) is 0 Å². The van der Waals surface area contributed by atoms with Crippen LogP contribution in [0.3, 0.4) is 0 Å². The van der Waals surface area contributed by atoms with E-state index in [4.69, 9.17) is 10.3 Å². The van der Waals surface area contributed by atoms with Gasteiger partial charge in [-0.2, -0.15) is 11.8 Å². The molecule has 0 amide bonds. The van der Waals surface area contributed by atoms with Crippen molar-refractivity contribution < 1.29 is 4.52 Å². The first-order chi connectivity index (χ1) is 6.29. The van der Waals surface area contributed by atoms with Gasteiger partial charge in [-0.3, -0.25) is 0 Å². The zero-order chi connectivity index (χ0) is 9.26. The predicted molar refractivity (Wildman–Crippen MR) is 55.0 cm³/mol. The fourth-order valence-electron chi connectivity index (χ4n) is 1.70. The highest BCUT2D eigenvalue weighted by Crippen LogP contribution is 2.34. The highest BCUT2D eigenvalue weighted by Gasteiger charge is 2.22. The Morgan fingerprint density at radius 3 is 2.69 bits per heavy atom. The first-order valence-corrected chi connectivity index (χ1v) is 5.74. The second-order valence-electron chi connectivity index (χ2n) is 3.44. The summed E-state index contributed by atoms with van der Waals surface area (Å²) in [6, 6.07) is 0. The lowest BCUT2D eigenvalue weighted by Crippen LogP contribution is -2.08. The average Bonchev–Trinajstić information content (AvgIpc) is 2.49. The van der Waals surface area contributed by atoms with Gasteiger partial charge in [-0.05, 0) is 31.3 Å². The molecule has 0 spiro atoms. The number of hydrogen-bond donors (Lipinski definition) is 1. The van der Waals surface area contributed by atoms with Gasteiger partial charge in [0.1, 0.15) is 5.76 Å². The van der Waals surface area contributed by atoms with Crippen LogP contribution in [0, 0.1) is 6.92 Å². The molecule has 1 aromatic rings. The van der Waals surface area contributed by atoms with E-state index in [-0.39, 0.29) is 0 Å². The van der Waals surface area contributed by atoms with Gasteiger partial charge < -0.3 is 10.3 Å². The fraction of sp³-hybridized carbons (Fsp3) is 0.667. The van der Waals surface area contributed by atoms with E-state index in [1.54, 1.807) is 0 Å². The van der Waals surface area contributed by atoms with E-state index in [9.17, 15) is 0 Å². The van der Waals surface area contributed by atoms with Gasteiger partial charge in [-0.25, -0.2) is 0 Å². The molecule has 1 fully saturated rings. The second-order valence-corrected chi connectivity index (χ2v) is 4.67. The van der Waals surface area contributed by atoms with Crippen LogP contribution in [0.4, 0.5) is 5.82 Å². The van der Waals surface area contributed by atoms with Crippen LogP contribution in [0.25, 0.3) is 0 Å². The van der Waals surface area contributed by atoms with Crippen molar-refractivity contribution in [3.8, 4) is 0 Å². The average molecular weight is 198 g/mol. The molecule has 0 radical (unpaired) electrons. The lowest BCUT2D eigenvalue weighted by molar-refractivity contribution is 0.353. The van der Waals surface area contributed by atoms with Crippen LogP contribution in [0.1, 0.15) is 30.1 Å². The Morgan fingerprint density at radius 1 is 1.46 bits per heavy atom. The molecular weight excluding hydrogens is 184 g/mol. The highest BCUT2D eigenvalue weighted by atomic mass is 32.2. The van der Waals surface area contributed by atoms with E-state index in [0.29, 0.717) is 11.7 Å². The number of nitrogen functional groups attached to an aromatic ring is 1. The third-order valence-corrected chi connectivity index (χ3v) is 3.64. The molecule has 2 N–H and O–H groups in total. The van der Waals surface area contributed by atoms with Crippen LogP contribution in [-0.4, -0.2) is 16.7 Å². The summed E-state index contributed by atoms with van der Waals surface area (Å²) in [5.74, 6) is 4.56. The maximum Gasteiger partial charge on any atom is 0.170 e. The van der Waals surface area contributed by atoms with Gasteiger partial charge in [0.2, 0.25) is 0 Å². The minimum Gasteiger partial charge on any atom is -0.381 e. The first kappa shape index (κ1) is 8.94. The zero-order valence-electron chi connectivity index (χ0n) is 7.75. The Hall–Kier alpha value is -0.640. The lowest BCUT2D eigenvalue weighted by atomic mass is 9.97. The van der Waals surface area contributed by atoms with Crippen molar-refractivity contribution in [1.82, 2.24) is 5.16 Å². The largest absolute Gasteiger partial charge is 0.381 e. The Kier molecular flexibility index (Phi) is 2.49. The number of nitrogens with zero attached hydrogens (tertiary/aromatic N) is 1. The van der Waals surface area contributed by atoms with Crippen molar-refractivity contribution in [2.24, 2.45) is 0 Å². The summed E-state index contributed by atoms with van der Waals surface area (Å²) >= 11 is 2.01. The van der Waals surface area contributed by atoms with Gasteiger partial charge in [-0.1, -0.05) is 5.16 Å². The molecule has 2 rings (SSSR count). The minimum absolute atomic E-state index is 0.547. The summed E-state index contributed by atoms with van der Waals surface area (Å²) in [6.07, 6.45) is 2.39. The van der Waals surface area contributed by atoms with E-state index in [1.807, 2.05) is 18.7 Å². The third kappa shape index (κ3) is 1.68. The zero-order valence-corrected chi connectivity index (χ0v) is 8.56. The molecule has 2 heterocycles. The summed E-state index contributed by atoms with van der Waals surface area (Å²) in [4.78, 5) is 0. The van der Waals surface area contributed by atoms with Crippen LogP contribution in [0.5, 0.6) is 0 Å². The second kappa shape index (κ2) is 3.62. The van der Waals surface area contributed by atoms with E-state index < -0.39 is 0 Å². The quantitative estimate of drug-likeness (QED) is 0.751. The Morgan fingerprint density at radius 2 is 2.15 bits per heavy atom. The van der Waals surface area contributed by atoms with Crippen molar-refractivity contribution in [1.29, 1.82) is 0 Å². The predicted octanol–water partition coefficient (Wildman–Crippen LogP) is 2.18. The van der Waals surface area contributed by atoms with Crippen LogP contribution in [0.15, 0.2) is 4.52 Å². The molecule has 1 aliphatic rings. The number of thioether (sulfide) groups is 1. The highest BCUT2D eigenvalue weighted by molar-refractivity contribution is 7.99. The van der Waals surface area contributed by atoms with E-state index in [2.05, 4.69) is 5.16 Å². The van der Waals surface area contributed by atoms with Crippen molar-refractivity contribution in [2.75, 3.05) is 17.2 Å². The fourth-order valence-corrected chi connectivity index (χ4v) is 2.81. The summed E-state index contributed by atoms with van der Waals surface area (Å²) in [5, 5.41) is 3.79. The number of rotatable bonds is 1. The molecule has 0 atom stereocenters. The topological polar surface area (TPSA) is 52.0 Å². The molecule has 0 aromatic carbocycles. The normalized spacial score (nSPS) is 19.2. The molecule has 3 nitrogen and oxygen atoms in total. The molecule has 1 saturated heterocycles. The Labute approximate surface area is 82.0 Å². The summed E-state index contributed by atoms with van der Waals surface area (Å²) < 4.78 is 5.25. The SMILES string of the molecule is Cc1c(N)noc1C1CCSCC1. The molecule has 4 heteroatoms. The van der Waals surface area contributed by atoms with Gasteiger partial charge in [-0.15, -0.1) is 0 Å². The molecule has 0 bridgehead atoms. The maximum atomic E-state index is 5.64. The molecule has 1 aromatic heterocycles. The summed E-state index contributed by atoms with van der Waals surface area (Å²) in [6.45, 7) is 1.99. The lowest BCUT2D eigenvalue weighted by Gasteiger charge is -2.18. The van der Waals surface area contributed by atoms with Crippen LogP contribution in [0.2, 0.25) is 0 Å². The van der Waals surface area contributed by atoms with Crippen LogP contribution >= 0.6 is 11.8 Å². The van der Waals surface area contributed by atoms with Gasteiger partial charge >= 0.3 is 0 Å². The minimum atomic E-state index is 0.547. The number of aromatic nitrogens is 1. The van der Waals surface area contributed by atoms with Crippen molar-refractivity contribution in [3.05, 3.63) is 11.3 Å². The molecule has 1 aliphatic heterocycles. The monoisotopic (exact) mass is 198 g/mol. The summed E-state index contributed by atoms with van der Waals surface area (Å²) in [5.41, 5.74) is 6.68. The standard InChI is InChI=1S/C9H14N2OS/c1-6-8(12-11-9(6)10)7-2-4-13-5-3-7/h7H,2-5H2,1H3,(H2,10,11). The van der Waals surface area contributed by atoms with Gasteiger partial charge in [0, 0.05) is 11.5 Å². The molecular formula is C9H14N2OS. The molecule has 13 heavy (non-hydrogen) atoms. The van der Waals surface area contributed by atoms with E-state index in [1.165, 1.54) is 24.3 Å². The van der Waals surface area contributed by atoms with Gasteiger partial charge in [0.15, 0.2) is 5.82 Å². The Bertz CT molecular complexity index is 292. The number of nitrogens with two attached hydrogens (primary N) is 1. The van der Waals surface area contributed by atoms with E-state index >= 15 is 0 Å². The van der Waals surface area contributed by atoms with Crippen LogP contribution < -0.4 is 5.73 Å². The molecule has 72 valence electrons. The van der Waals surface area contributed by atoms with Crippen molar-refractivity contribution >= 4 is 17.6 Å². The maximum absolute atomic E-state index is 5.64. The molecule has 0 saturated carbocycles. The number of hydrogen-bond acceptors (Lipinski definition) is 4. The van der Waals surface area contributed by atoms with Gasteiger partial charge in [0.05, 0.1) is 0 Å². The first-order valence-electron chi connectivity index (χ1n) is 4.58. The Balaban J connectivity index is 2.18. The smallest absolute Gasteiger partial charge is 0.170 e. The van der Waals surface area contributed by atoms with Crippen molar-refractivity contribution in [2.45, 2.75) is 25.7 Å². The van der Waals surface area contributed by atoms with Gasteiger partial charge in [0.25, 0.3) is 0 Å². The summed E-state index contributed by atoms with van der Waals surface area (Å²) in [7, 11) is 0. The van der Waals surface area contributed by atoms with Crippen molar-refractivity contribution in [3.63, 3.8) is 0 Å².